The maximum atomic E-state index is 13.5. The summed E-state index contributed by atoms with van der Waals surface area (Å²) < 4.78 is 1.14. The Morgan fingerprint density at radius 3 is 2.71 bits per heavy atom. The van der Waals surface area contributed by atoms with Gasteiger partial charge in [0.1, 0.15) is 0 Å². The zero-order valence-corrected chi connectivity index (χ0v) is 17.4. The lowest BCUT2D eigenvalue weighted by Crippen LogP contribution is -2.36. The van der Waals surface area contributed by atoms with E-state index in [-0.39, 0.29) is 5.91 Å². The summed E-state index contributed by atoms with van der Waals surface area (Å²) in [6.45, 7) is 5.53. The minimum absolute atomic E-state index is 0.0206. The predicted molar refractivity (Wildman–Crippen MR) is 118 cm³/mol. The summed E-state index contributed by atoms with van der Waals surface area (Å²) in [4.78, 5) is 25.4. The molecule has 0 saturated heterocycles. The molecule has 5 nitrogen and oxygen atoms in total. The highest BCUT2D eigenvalue weighted by atomic mass is 32.1. The number of likely N-dealkylation sites (N-methyl/N-ethyl adjacent to an activating group) is 1. The molecule has 1 amide bonds. The van der Waals surface area contributed by atoms with Crippen molar-refractivity contribution >= 4 is 43.5 Å². The zero-order valence-electron chi connectivity index (χ0n) is 16.6. The first kappa shape index (κ1) is 18.7. The van der Waals surface area contributed by atoms with Crippen LogP contribution in [0.4, 0.5) is 5.13 Å². The Morgan fingerprint density at radius 2 is 1.93 bits per heavy atom. The molecule has 0 aliphatic rings. The summed E-state index contributed by atoms with van der Waals surface area (Å²) in [5.74, 6) is -0.0206. The number of nitrogens with one attached hydrogen (secondary N) is 1. The number of H-pyrrole nitrogens is 1. The van der Waals surface area contributed by atoms with Gasteiger partial charge in [0.05, 0.1) is 15.8 Å². The Morgan fingerprint density at radius 1 is 1.14 bits per heavy atom. The van der Waals surface area contributed by atoms with E-state index in [4.69, 9.17) is 4.98 Å². The molecule has 4 rings (SSSR count). The molecule has 144 valence electrons. The number of benzene rings is 2. The van der Waals surface area contributed by atoms with E-state index in [1.807, 2.05) is 43.3 Å². The molecule has 2 aromatic carbocycles. The second-order valence-electron chi connectivity index (χ2n) is 7.43. The number of hydrogen-bond acceptors (Lipinski definition) is 4. The smallest absolute Gasteiger partial charge is 0.262 e. The fraction of sp³-hybridized carbons (Fsp3) is 0.273. The Kier molecular flexibility index (Phi) is 4.91. The van der Waals surface area contributed by atoms with Crippen molar-refractivity contribution in [3.63, 3.8) is 0 Å². The fourth-order valence-electron chi connectivity index (χ4n) is 3.46. The quantitative estimate of drug-likeness (QED) is 0.540. The van der Waals surface area contributed by atoms with Gasteiger partial charge in [-0.3, -0.25) is 9.69 Å². The minimum Gasteiger partial charge on any atom is -0.360 e. The third-order valence-electron chi connectivity index (χ3n) is 4.88. The molecule has 4 aromatic rings. The first-order chi connectivity index (χ1) is 13.4. The first-order valence-corrected chi connectivity index (χ1v) is 10.2. The topological polar surface area (TPSA) is 52.2 Å². The monoisotopic (exact) mass is 392 g/mol. The van der Waals surface area contributed by atoms with Crippen molar-refractivity contribution in [3.05, 3.63) is 59.3 Å². The number of fused-ring (bicyclic) bond motifs is 2. The second-order valence-corrected chi connectivity index (χ2v) is 8.41. The van der Waals surface area contributed by atoms with Gasteiger partial charge in [0, 0.05) is 30.2 Å². The number of hydrogen-bond donors (Lipinski definition) is 1. The van der Waals surface area contributed by atoms with Crippen LogP contribution in [0.15, 0.2) is 42.6 Å². The average Bonchev–Trinajstić information content (AvgIpc) is 3.25. The summed E-state index contributed by atoms with van der Waals surface area (Å²) in [6, 6.07) is 12.1. The molecule has 0 spiro atoms. The van der Waals surface area contributed by atoms with Gasteiger partial charge in [-0.1, -0.05) is 35.6 Å². The van der Waals surface area contributed by atoms with Crippen LogP contribution in [0.25, 0.3) is 21.1 Å². The molecule has 0 atom stereocenters. The van der Waals surface area contributed by atoms with E-state index in [1.165, 1.54) is 11.1 Å². The lowest BCUT2D eigenvalue weighted by Gasteiger charge is -2.21. The van der Waals surface area contributed by atoms with E-state index in [0.717, 1.165) is 32.8 Å². The predicted octanol–water partition coefficient (Wildman–Crippen LogP) is 4.60. The van der Waals surface area contributed by atoms with E-state index < -0.39 is 0 Å². The van der Waals surface area contributed by atoms with Gasteiger partial charge in [-0.15, -0.1) is 0 Å². The lowest BCUT2D eigenvalue weighted by atomic mass is 10.1. The van der Waals surface area contributed by atoms with Crippen molar-refractivity contribution in [1.82, 2.24) is 14.9 Å². The van der Waals surface area contributed by atoms with Crippen LogP contribution in [0.5, 0.6) is 0 Å². The second kappa shape index (κ2) is 7.37. The van der Waals surface area contributed by atoms with E-state index >= 15 is 0 Å². The van der Waals surface area contributed by atoms with Gasteiger partial charge in [-0.2, -0.15) is 0 Å². The van der Waals surface area contributed by atoms with Gasteiger partial charge < -0.3 is 9.88 Å². The summed E-state index contributed by atoms with van der Waals surface area (Å²) in [5, 5.41) is 1.69. The van der Waals surface area contributed by atoms with Crippen LogP contribution in [0.1, 0.15) is 21.5 Å². The molecule has 1 N–H and O–H groups in total. The summed E-state index contributed by atoms with van der Waals surface area (Å²) >= 11 is 1.59. The van der Waals surface area contributed by atoms with Crippen LogP contribution >= 0.6 is 11.3 Å². The average molecular weight is 393 g/mol. The zero-order chi connectivity index (χ0) is 19.8. The van der Waals surface area contributed by atoms with Crippen LogP contribution in [0, 0.1) is 13.8 Å². The van der Waals surface area contributed by atoms with Crippen molar-refractivity contribution in [1.29, 1.82) is 0 Å². The molecule has 0 aliphatic heterocycles. The standard InChI is InChI=1S/C22H24N4OS/c1-14-11-15(2)20-19(12-14)24-22(28-20)26(10-9-25(3)4)21(27)17-13-23-18-8-6-5-7-16(17)18/h5-8,11-13,23H,9-10H2,1-4H3. The van der Waals surface area contributed by atoms with Crippen molar-refractivity contribution in [2.75, 3.05) is 32.1 Å². The number of nitrogens with zero attached hydrogens (tertiary/aromatic N) is 3. The van der Waals surface area contributed by atoms with Crippen LogP contribution in [-0.2, 0) is 0 Å². The lowest BCUT2D eigenvalue weighted by molar-refractivity contribution is 0.0987. The number of para-hydroxylation sites is 1. The number of rotatable bonds is 5. The van der Waals surface area contributed by atoms with Crippen molar-refractivity contribution in [3.8, 4) is 0 Å². The highest BCUT2D eigenvalue weighted by Crippen LogP contribution is 2.33. The largest absolute Gasteiger partial charge is 0.360 e. The van der Waals surface area contributed by atoms with Gasteiger partial charge in [0.2, 0.25) is 0 Å². The molecule has 0 unspecified atom stereocenters. The SMILES string of the molecule is Cc1cc(C)c2sc(N(CCN(C)C)C(=O)c3c[nH]c4ccccc34)nc2c1. The van der Waals surface area contributed by atoms with Gasteiger partial charge in [-0.05, 0) is 51.2 Å². The Hall–Kier alpha value is -2.70. The first-order valence-electron chi connectivity index (χ1n) is 9.34. The number of aromatic nitrogens is 2. The van der Waals surface area contributed by atoms with Crippen LogP contribution in [0.3, 0.4) is 0 Å². The molecular formula is C22H24N4OS. The number of aryl methyl sites for hydroxylation is 2. The van der Waals surface area contributed by atoms with Gasteiger partial charge in [0.15, 0.2) is 5.13 Å². The number of carbonyl (C=O) groups excluding carboxylic acids is 1. The molecule has 2 heterocycles. The van der Waals surface area contributed by atoms with E-state index in [1.54, 1.807) is 17.5 Å². The van der Waals surface area contributed by atoms with E-state index in [0.29, 0.717) is 12.1 Å². The maximum absolute atomic E-state index is 13.5. The third kappa shape index (κ3) is 3.41. The molecule has 2 aromatic heterocycles. The molecule has 28 heavy (non-hydrogen) atoms. The molecule has 6 heteroatoms. The van der Waals surface area contributed by atoms with Crippen LogP contribution < -0.4 is 4.90 Å². The van der Waals surface area contributed by atoms with Crippen LogP contribution in [0.2, 0.25) is 0 Å². The number of aromatic amines is 1. The van der Waals surface area contributed by atoms with Crippen LogP contribution in [-0.4, -0.2) is 48.0 Å². The Labute approximate surface area is 168 Å². The molecule has 0 saturated carbocycles. The highest BCUT2D eigenvalue weighted by molar-refractivity contribution is 7.22. The fourth-order valence-corrected chi connectivity index (χ4v) is 4.50. The molecular weight excluding hydrogens is 368 g/mol. The number of thiazole rings is 1. The molecule has 0 bridgehead atoms. The highest BCUT2D eigenvalue weighted by Gasteiger charge is 2.24. The van der Waals surface area contributed by atoms with Gasteiger partial charge in [-0.25, -0.2) is 4.98 Å². The van der Waals surface area contributed by atoms with E-state index in [2.05, 4.69) is 35.9 Å². The summed E-state index contributed by atoms with van der Waals surface area (Å²) in [6.07, 6.45) is 1.80. The molecule has 0 aliphatic carbocycles. The Balaban J connectivity index is 1.79. The maximum Gasteiger partial charge on any atom is 0.262 e. The molecule has 0 fully saturated rings. The number of carbonyl (C=O) groups is 1. The van der Waals surface area contributed by atoms with E-state index in [9.17, 15) is 4.79 Å². The summed E-state index contributed by atoms with van der Waals surface area (Å²) in [7, 11) is 4.03. The van der Waals surface area contributed by atoms with Crippen molar-refractivity contribution in [2.24, 2.45) is 0 Å². The normalized spacial score (nSPS) is 11.6. The van der Waals surface area contributed by atoms with Gasteiger partial charge >= 0.3 is 0 Å². The van der Waals surface area contributed by atoms with Gasteiger partial charge in [0.25, 0.3) is 5.91 Å². The number of anilines is 1. The minimum atomic E-state index is -0.0206. The van der Waals surface area contributed by atoms with Crippen molar-refractivity contribution < 1.29 is 4.79 Å². The van der Waals surface area contributed by atoms with Crippen molar-refractivity contribution in [2.45, 2.75) is 13.8 Å². The Bertz CT molecular complexity index is 1160. The third-order valence-corrected chi connectivity index (χ3v) is 6.10. The number of amides is 1. The molecule has 0 radical (unpaired) electrons. The summed E-state index contributed by atoms with van der Waals surface area (Å²) in [5.41, 5.74) is 4.99.